The Morgan fingerprint density at radius 3 is 2.62 bits per heavy atom. The lowest BCUT2D eigenvalue weighted by Crippen LogP contribution is -2.26. The summed E-state index contributed by atoms with van der Waals surface area (Å²) in [5, 5.41) is 9.04. The van der Waals surface area contributed by atoms with Crippen LogP contribution in [0.25, 0.3) is 0 Å². The van der Waals surface area contributed by atoms with Gasteiger partial charge < -0.3 is 14.6 Å². The van der Waals surface area contributed by atoms with E-state index >= 15 is 0 Å². The van der Waals surface area contributed by atoms with Gasteiger partial charge in [-0.05, 0) is 59.7 Å². The zero-order chi connectivity index (χ0) is 20.9. The van der Waals surface area contributed by atoms with Crippen LogP contribution in [-0.2, 0) is 5.41 Å². The number of aromatic carboxylic acids is 1. The molecule has 0 saturated carbocycles. The first-order valence-electron chi connectivity index (χ1n) is 10.6. The molecule has 0 saturated heterocycles. The zero-order valence-corrected chi connectivity index (χ0v) is 17.7. The molecule has 156 valence electrons. The highest BCUT2D eigenvalue weighted by molar-refractivity contribution is 5.87. The molecule has 4 heteroatoms. The number of carboxylic acids is 1. The standard InChI is InChI=1S/C25H32O4/c1-4-5-6-7-20(17-29-21-11-8-18(9-12-21)24(26)27)19-10-13-22-23(16-19)28-15-14-25(22,2)3/h8-13,16,20H,4-7,14-15,17H2,1-3H3,(H,26,27). The monoisotopic (exact) mass is 396 g/mol. The SMILES string of the molecule is CCCCCC(COc1ccc(C(=O)O)cc1)c1ccc2c(c1)OCCC2(C)C. The minimum atomic E-state index is -0.925. The maximum Gasteiger partial charge on any atom is 0.335 e. The molecule has 0 spiro atoms. The number of ether oxygens (including phenoxy) is 2. The fraction of sp³-hybridized carbons (Fsp3) is 0.480. The van der Waals surface area contributed by atoms with Crippen LogP contribution in [0.15, 0.2) is 42.5 Å². The molecule has 1 N–H and O–H groups in total. The number of carbonyl (C=O) groups is 1. The Balaban J connectivity index is 1.75. The number of hydrogen-bond donors (Lipinski definition) is 1. The first kappa shape index (κ1) is 21.2. The van der Waals surface area contributed by atoms with Crippen LogP contribution in [0, 0.1) is 0 Å². The fourth-order valence-corrected chi connectivity index (χ4v) is 3.90. The van der Waals surface area contributed by atoms with Gasteiger partial charge in [-0.3, -0.25) is 0 Å². The van der Waals surface area contributed by atoms with Crippen molar-refractivity contribution in [1.29, 1.82) is 0 Å². The van der Waals surface area contributed by atoms with Crippen LogP contribution in [0.5, 0.6) is 11.5 Å². The van der Waals surface area contributed by atoms with Gasteiger partial charge in [0.2, 0.25) is 0 Å². The van der Waals surface area contributed by atoms with Gasteiger partial charge in [-0.2, -0.15) is 0 Å². The summed E-state index contributed by atoms with van der Waals surface area (Å²) in [4.78, 5) is 11.0. The van der Waals surface area contributed by atoms with Crippen molar-refractivity contribution in [3.05, 3.63) is 59.2 Å². The molecule has 4 nitrogen and oxygen atoms in total. The van der Waals surface area contributed by atoms with E-state index in [2.05, 4.69) is 39.0 Å². The number of carboxylic acid groups (broad SMARTS) is 1. The third kappa shape index (κ3) is 5.31. The van der Waals surface area contributed by atoms with E-state index in [4.69, 9.17) is 14.6 Å². The van der Waals surface area contributed by atoms with Crippen molar-refractivity contribution in [2.45, 2.75) is 64.2 Å². The molecule has 1 atom stereocenters. The molecule has 1 aliphatic heterocycles. The molecule has 2 aromatic rings. The van der Waals surface area contributed by atoms with Crippen molar-refractivity contribution < 1.29 is 19.4 Å². The summed E-state index contributed by atoms with van der Waals surface area (Å²) >= 11 is 0. The topological polar surface area (TPSA) is 55.8 Å². The Bertz CT molecular complexity index is 823. The summed E-state index contributed by atoms with van der Waals surface area (Å²) in [7, 11) is 0. The van der Waals surface area contributed by atoms with Crippen molar-refractivity contribution in [3.8, 4) is 11.5 Å². The minimum absolute atomic E-state index is 0.145. The van der Waals surface area contributed by atoms with Crippen LogP contribution in [0.2, 0.25) is 0 Å². The molecule has 0 fully saturated rings. The van der Waals surface area contributed by atoms with Crippen LogP contribution < -0.4 is 9.47 Å². The molecular formula is C25H32O4. The van der Waals surface area contributed by atoms with Gasteiger partial charge in [-0.25, -0.2) is 4.79 Å². The molecule has 2 aromatic carbocycles. The van der Waals surface area contributed by atoms with Gasteiger partial charge in [0.15, 0.2) is 0 Å². The fourth-order valence-electron chi connectivity index (χ4n) is 3.90. The second kappa shape index (κ2) is 9.34. The highest BCUT2D eigenvalue weighted by Gasteiger charge is 2.29. The highest BCUT2D eigenvalue weighted by atomic mass is 16.5. The Morgan fingerprint density at radius 1 is 1.17 bits per heavy atom. The van der Waals surface area contributed by atoms with Crippen LogP contribution >= 0.6 is 0 Å². The zero-order valence-electron chi connectivity index (χ0n) is 17.7. The summed E-state index contributed by atoms with van der Waals surface area (Å²) in [5.41, 5.74) is 2.95. The van der Waals surface area contributed by atoms with Crippen LogP contribution in [-0.4, -0.2) is 24.3 Å². The van der Waals surface area contributed by atoms with Crippen molar-refractivity contribution in [2.75, 3.05) is 13.2 Å². The smallest absolute Gasteiger partial charge is 0.335 e. The van der Waals surface area contributed by atoms with Gasteiger partial charge in [0.25, 0.3) is 0 Å². The maximum absolute atomic E-state index is 11.0. The van der Waals surface area contributed by atoms with Crippen molar-refractivity contribution in [2.24, 2.45) is 0 Å². The van der Waals surface area contributed by atoms with Crippen molar-refractivity contribution >= 4 is 5.97 Å². The van der Waals surface area contributed by atoms with E-state index in [1.807, 2.05) is 0 Å². The van der Waals surface area contributed by atoms with Gasteiger partial charge in [-0.15, -0.1) is 0 Å². The van der Waals surface area contributed by atoms with Crippen molar-refractivity contribution in [3.63, 3.8) is 0 Å². The predicted molar refractivity (Wildman–Crippen MR) is 115 cm³/mol. The van der Waals surface area contributed by atoms with Gasteiger partial charge >= 0.3 is 5.97 Å². The van der Waals surface area contributed by atoms with Gasteiger partial charge in [-0.1, -0.05) is 52.2 Å². The Labute approximate surface area is 173 Å². The van der Waals surface area contributed by atoms with Gasteiger partial charge in [0.05, 0.1) is 18.8 Å². The number of rotatable bonds is 9. The summed E-state index contributed by atoms with van der Waals surface area (Å²) in [5.74, 6) is 1.06. The molecule has 0 aliphatic carbocycles. The second-order valence-electron chi connectivity index (χ2n) is 8.57. The molecule has 3 rings (SSSR count). The van der Waals surface area contributed by atoms with E-state index < -0.39 is 5.97 Å². The van der Waals surface area contributed by atoms with E-state index in [1.54, 1.807) is 24.3 Å². The lowest BCUT2D eigenvalue weighted by Gasteiger charge is -2.33. The molecule has 1 unspecified atom stereocenters. The van der Waals surface area contributed by atoms with Crippen molar-refractivity contribution in [1.82, 2.24) is 0 Å². The van der Waals surface area contributed by atoms with Gasteiger partial charge in [0.1, 0.15) is 11.5 Å². The summed E-state index contributed by atoms with van der Waals surface area (Å²) in [6.45, 7) is 8.09. The first-order valence-corrected chi connectivity index (χ1v) is 10.6. The molecule has 1 heterocycles. The lowest BCUT2D eigenvalue weighted by atomic mass is 9.79. The average Bonchev–Trinajstić information content (AvgIpc) is 2.70. The summed E-state index contributed by atoms with van der Waals surface area (Å²) in [6, 6.07) is 13.3. The molecule has 0 aromatic heterocycles. The maximum atomic E-state index is 11.0. The number of fused-ring (bicyclic) bond motifs is 1. The number of unbranched alkanes of at least 4 members (excludes halogenated alkanes) is 2. The first-order chi connectivity index (χ1) is 13.9. The predicted octanol–water partition coefficient (Wildman–Crippen LogP) is 6.19. The quantitative estimate of drug-likeness (QED) is 0.514. The van der Waals surface area contributed by atoms with E-state index in [-0.39, 0.29) is 16.9 Å². The Morgan fingerprint density at radius 2 is 1.93 bits per heavy atom. The highest BCUT2D eigenvalue weighted by Crippen LogP contribution is 2.40. The normalized spacial score (nSPS) is 15.8. The van der Waals surface area contributed by atoms with E-state index in [1.165, 1.54) is 24.0 Å². The van der Waals surface area contributed by atoms with Crippen LogP contribution in [0.1, 0.15) is 80.3 Å². The third-order valence-electron chi connectivity index (χ3n) is 5.90. The Kier molecular flexibility index (Phi) is 6.83. The summed E-state index contributed by atoms with van der Waals surface area (Å²) < 4.78 is 12.0. The van der Waals surface area contributed by atoms with Gasteiger partial charge in [0, 0.05) is 5.92 Å². The number of benzene rings is 2. The van der Waals surface area contributed by atoms with E-state index in [0.29, 0.717) is 12.4 Å². The largest absolute Gasteiger partial charge is 0.493 e. The third-order valence-corrected chi connectivity index (χ3v) is 5.90. The average molecular weight is 397 g/mol. The van der Waals surface area contributed by atoms with Crippen LogP contribution in [0.4, 0.5) is 0 Å². The molecule has 0 radical (unpaired) electrons. The van der Waals surface area contributed by atoms with E-state index in [0.717, 1.165) is 31.6 Å². The van der Waals surface area contributed by atoms with Crippen LogP contribution in [0.3, 0.4) is 0 Å². The summed E-state index contributed by atoms with van der Waals surface area (Å²) in [6.07, 6.45) is 5.65. The molecular weight excluding hydrogens is 364 g/mol. The van der Waals surface area contributed by atoms with E-state index in [9.17, 15) is 4.79 Å². The molecule has 0 bridgehead atoms. The number of hydrogen-bond acceptors (Lipinski definition) is 3. The molecule has 29 heavy (non-hydrogen) atoms. The lowest BCUT2D eigenvalue weighted by molar-refractivity contribution is 0.0697. The molecule has 0 amide bonds. The minimum Gasteiger partial charge on any atom is -0.493 e. The molecule has 1 aliphatic rings. The Hall–Kier alpha value is -2.49. The second-order valence-corrected chi connectivity index (χ2v) is 8.57.